The first-order chi connectivity index (χ1) is 16.4. The van der Waals surface area contributed by atoms with Crippen LogP contribution in [0.3, 0.4) is 0 Å². The summed E-state index contributed by atoms with van der Waals surface area (Å²) in [6, 6.07) is 14.4. The molecule has 4 nitrogen and oxygen atoms in total. The molecule has 5 rings (SSSR count). The number of amides is 1. The first-order valence-electron chi connectivity index (χ1n) is 12.4. The van der Waals surface area contributed by atoms with Crippen molar-refractivity contribution in [1.82, 2.24) is 10.2 Å². The van der Waals surface area contributed by atoms with Crippen LogP contribution in [0.15, 0.2) is 48.5 Å². The normalized spacial score (nSPS) is 23.8. The molecule has 1 aliphatic carbocycles. The molecule has 0 aromatic heterocycles. The van der Waals surface area contributed by atoms with Crippen molar-refractivity contribution in [2.24, 2.45) is 5.92 Å². The number of hydrogen-bond donors (Lipinski definition) is 1. The Morgan fingerprint density at radius 3 is 2.50 bits per heavy atom. The van der Waals surface area contributed by atoms with Crippen molar-refractivity contribution in [3.05, 3.63) is 65.2 Å². The van der Waals surface area contributed by atoms with Gasteiger partial charge >= 0.3 is 6.18 Å². The molecule has 2 heterocycles. The summed E-state index contributed by atoms with van der Waals surface area (Å²) in [6.07, 6.45) is 1.37. The Hall–Kier alpha value is -2.54. The molecule has 1 amide bonds. The molecular weight excluding hydrogens is 439 g/mol. The number of nitrogens with zero attached hydrogens (tertiary/aromatic N) is 2. The zero-order valence-electron chi connectivity index (χ0n) is 19.4. The van der Waals surface area contributed by atoms with Crippen LogP contribution >= 0.6 is 0 Å². The summed E-state index contributed by atoms with van der Waals surface area (Å²) in [5.74, 6) is -0.372. The van der Waals surface area contributed by atoms with Crippen LogP contribution in [0.1, 0.15) is 48.8 Å². The number of halogens is 3. The zero-order valence-corrected chi connectivity index (χ0v) is 19.4. The molecule has 182 valence electrons. The van der Waals surface area contributed by atoms with Gasteiger partial charge in [-0.05, 0) is 48.6 Å². The van der Waals surface area contributed by atoms with Crippen molar-refractivity contribution in [3.8, 4) is 0 Å². The molecule has 34 heavy (non-hydrogen) atoms. The van der Waals surface area contributed by atoms with E-state index < -0.39 is 11.7 Å². The maximum Gasteiger partial charge on any atom is 0.416 e. The number of carbonyl (C=O) groups is 1. The fraction of sp³-hybridized carbons (Fsp3) is 0.519. The summed E-state index contributed by atoms with van der Waals surface area (Å²) in [5.41, 5.74) is 2.06. The summed E-state index contributed by atoms with van der Waals surface area (Å²) < 4.78 is 40.2. The van der Waals surface area contributed by atoms with E-state index in [2.05, 4.69) is 27.2 Å². The minimum atomic E-state index is -4.39. The largest absolute Gasteiger partial charge is 0.416 e. The number of nitrogens with one attached hydrogen (secondary N) is 1. The lowest BCUT2D eigenvalue weighted by atomic mass is 9.82. The topological polar surface area (TPSA) is 35.6 Å². The smallest absolute Gasteiger partial charge is 0.365 e. The van der Waals surface area contributed by atoms with E-state index in [1.54, 1.807) is 6.07 Å². The highest BCUT2D eigenvalue weighted by Crippen LogP contribution is 2.40. The van der Waals surface area contributed by atoms with E-state index in [0.717, 1.165) is 51.0 Å². The zero-order chi connectivity index (χ0) is 23.7. The van der Waals surface area contributed by atoms with Crippen LogP contribution < -0.4 is 10.2 Å². The lowest BCUT2D eigenvalue weighted by Gasteiger charge is -2.49. The van der Waals surface area contributed by atoms with Gasteiger partial charge in [0.2, 0.25) is 5.91 Å². The molecule has 1 N–H and O–H groups in total. The van der Waals surface area contributed by atoms with E-state index in [1.807, 2.05) is 18.2 Å². The lowest BCUT2D eigenvalue weighted by molar-refractivity contribution is -0.137. The highest BCUT2D eigenvalue weighted by molar-refractivity contribution is 5.82. The molecule has 2 aromatic carbocycles. The highest BCUT2D eigenvalue weighted by atomic mass is 19.4. The van der Waals surface area contributed by atoms with E-state index in [-0.39, 0.29) is 23.9 Å². The van der Waals surface area contributed by atoms with Crippen molar-refractivity contribution in [2.45, 2.75) is 63.3 Å². The third kappa shape index (κ3) is 4.95. The Balaban J connectivity index is 1.41. The lowest BCUT2D eigenvalue weighted by Crippen LogP contribution is -2.61. The minimum Gasteiger partial charge on any atom is -0.365 e. The van der Waals surface area contributed by atoms with Gasteiger partial charge in [-0.15, -0.1) is 0 Å². The van der Waals surface area contributed by atoms with Gasteiger partial charge in [-0.25, -0.2) is 0 Å². The summed E-state index contributed by atoms with van der Waals surface area (Å²) >= 11 is 0. The van der Waals surface area contributed by atoms with Crippen molar-refractivity contribution >= 4 is 11.6 Å². The molecule has 0 unspecified atom stereocenters. The number of benzene rings is 2. The Kier molecular flexibility index (Phi) is 6.56. The number of alkyl halides is 3. The maximum absolute atomic E-state index is 13.5. The van der Waals surface area contributed by atoms with Gasteiger partial charge in [0.05, 0.1) is 17.5 Å². The van der Waals surface area contributed by atoms with Gasteiger partial charge in [-0.1, -0.05) is 49.6 Å². The standard InChI is InChI=1S/C27H32F3N3O/c28-27(29,30)21-11-12-24-20(15-21)16-23(26(34)31-22-9-5-2-6-10-22)25-18-32(13-14-33(24)25)17-19-7-3-1-4-8-19/h1,3-4,7-8,11-12,15,22-23,25H,2,5-6,9-10,13-14,16-18H2,(H,31,34)/t23-,25+/m1/s1. The molecule has 0 bridgehead atoms. The van der Waals surface area contributed by atoms with Gasteiger partial charge in [-0.2, -0.15) is 13.2 Å². The average molecular weight is 472 g/mol. The van der Waals surface area contributed by atoms with Crippen LogP contribution in [0.5, 0.6) is 0 Å². The second-order valence-corrected chi connectivity index (χ2v) is 9.98. The van der Waals surface area contributed by atoms with Gasteiger partial charge in [-0.3, -0.25) is 9.69 Å². The van der Waals surface area contributed by atoms with E-state index in [0.29, 0.717) is 18.5 Å². The number of hydrogen-bond acceptors (Lipinski definition) is 3. The average Bonchev–Trinajstić information content (AvgIpc) is 2.83. The Morgan fingerprint density at radius 2 is 1.76 bits per heavy atom. The first kappa shape index (κ1) is 23.2. The number of rotatable bonds is 4. The van der Waals surface area contributed by atoms with Gasteiger partial charge < -0.3 is 10.2 Å². The van der Waals surface area contributed by atoms with Crippen molar-refractivity contribution in [2.75, 3.05) is 24.5 Å². The van der Waals surface area contributed by atoms with Gasteiger partial charge in [0, 0.05) is 37.9 Å². The summed E-state index contributed by atoms with van der Waals surface area (Å²) in [7, 11) is 0. The molecule has 1 saturated heterocycles. The van der Waals surface area contributed by atoms with Crippen molar-refractivity contribution < 1.29 is 18.0 Å². The first-order valence-corrected chi connectivity index (χ1v) is 12.4. The van der Waals surface area contributed by atoms with Crippen LogP contribution in [0.4, 0.5) is 18.9 Å². The molecule has 3 aliphatic rings. The fourth-order valence-electron chi connectivity index (χ4n) is 5.90. The molecule has 2 atom stereocenters. The van der Waals surface area contributed by atoms with Gasteiger partial charge in [0.15, 0.2) is 0 Å². The molecule has 2 aliphatic heterocycles. The van der Waals surface area contributed by atoms with Crippen LogP contribution in [0, 0.1) is 5.92 Å². The van der Waals surface area contributed by atoms with Crippen LogP contribution in [-0.4, -0.2) is 42.5 Å². The highest BCUT2D eigenvalue weighted by Gasteiger charge is 2.43. The van der Waals surface area contributed by atoms with Crippen LogP contribution in [0.2, 0.25) is 0 Å². The van der Waals surface area contributed by atoms with Crippen molar-refractivity contribution in [3.63, 3.8) is 0 Å². The predicted molar refractivity (Wildman–Crippen MR) is 127 cm³/mol. The molecule has 1 saturated carbocycles. The second kappa shape index (κ2) is 9.61. The predicted octanol–water partition coefficient (Wildman–Crippen LogP) is 5.02. The SMILES string of the molecule is O=C(NC1CCCCC1)[C@@H]1Cc2cc(C(F)(F)F)ccc2N2CCN(Cc3ccccc3)C[C@@H]12. The van der Waals surface area contributed by atoms with E-state index in [1.165, 1.54) is 24.1 Å². The van der Waals surface area contributed by atoms with Gasteiger partial charge in [0.1, 0.15) is 0 Å². The van der Waals surface area contributed by atoms with Gasteiger partial charge in [0.25, 0.3) is 0 Å². The van der Waals surface area contributed by atoms with E-state index >= 15 is 0 Å². The molecule has 2 fully saturated rings. The van der Waals surface area contributed by atoms with Crippen LogP contribution in [-0.2, 0) is 23.9 Å². The molecule has 0 spiro atoms. The summed E-state index contributed by atoms with van der Waals surface area (Å²) in [5, 5.41) is 3.26. The summed E-state index contributed by atoms with van der Waals surface area (Å²) in [4.78, 5) is 18.1. The Labute approximate surface area is 199 Å². The van der Waals surface area contributed by atoms with Crippen molar-refractivity contribution in [1.29, 1.82) is 0 Å². The molecular formula is C27H32F3N3O. The van der Waals surface area contributed by atoms with Crippen LogP contribution in [0.25, 0.3) is 0 Å². The number of piperazine rings is 1. The molecule has 7 heteroatoms. The monoisotopic (exact) mass is 471 g/mol. The number of carbonyl (C=O) groups excluding carboxylic acids is 1. The third-order valence-corrected chi connectivity index (χ3v) is 7.66. The quantitative estimate of drug-likeness (QED) is 0.681. The number of fused-ring (bicyclic) bond motifs is 3. The third-order valence-electron chi connectivity index (χ3n) is 7.66. The maximum atomic E-state index is 13.5. The molecule has 0 radical (unpaired) electrons. The van der Waals surface area contributed by atoms with E-state index in [4.69, 9.17) is 0 Å². The van der Waals surface area contributed by atoms with E-state index in [9.17, 15) is 18.0 Å². The molecule has 2 aromatic rings. The second-order valence-electron chi connectivity index (χ2n) is 9.98. The number of anilines is 1. The fourth-order valence-corrected chi connectivity index (χ4v) is 5.90. The minimum absolute atomic E-state index is 0.00785. The Morgan fingerprint density at radius 1 is 1.00 bits per heavy atom. The summed E-state index contributed by atoms with van der Waals surface area (Å²) in [6.45, 7) is 3.03. The Bertz CT molecular complexity index is 1000.